The molecular formula is C21H25FN10O11P2. The fourth-order valence-corrected chi connectivity index (χ4v) is 7.80. The zero-order valence-corrected chi connectivity index (χ0v) is 24.4. The predicted octanol–water partition coefficient (Wildman–Crippen LogP) is -0.906. The molecule has 24 heteroatoms. The van der Waals surface area contributed by atoms with E-state index in [2.05, 4.69) is 29.9 Å². The molecule has 21 nitrogen and oxygen atoms in total. The number of fused-ring (bicyclic) bond motifs is 5. The quantitative estimate of drug-likeness (QED) is 0.140. The number of alkyl halides is 1. The molecule has 3 fully saturated rings. The molecule has 0 radical (unpaired) electrons. The van der Waals surface area contributed by atoms with Crippen molar-refractivity contribution in [2.45, 2.75) is 55.6 Å². The molecule has 4 aromatic rings. The van der Waals surface area contributed by atoms with Crippen LogP contribution in [0, 0.1) is 0 Å². The Kier molecular flexibility index (Phi) is 7.28. The second-order valence-electron chi connectivity index (χ2n) is 10.5. The minimum Gasteiger partial charge on any atom is -0.386 e. The lowest BCUT2D eigenvalue weighted by Gasteiger charge is -2.26. The summed E-state index contributed by atoms with van der Waals surface area (Å²) >= 11 is 0. The fourth-order valence-electron chi connectivity index (χ4n) is 5.55. The SMILES string of the molecule is Nc1nc2c(ncn2C2OC3CCP(=O)(O)OC4C(COP(=O)(O)OC2C3F)OC(n2cnc3c(N)ncnc32)C4O)c(=O)[nH]1. The molecular weight excluding hydrogens is 649 g/mol. The number of imidazole rings is 2. The van der Waals surface area contributed by atoms with E-state index in [0.717, 1.165) is 17.2 Å². The Bertz CT molecular complexity index is 1940. The molecule has 10 atom stereocenters. The van der Waals surface area contributed by atoms with Crippen LogP contribution >= 0.6 is 15.4 Å². The number of H-pyrrole nitrogens is 1. The Morgan fingerprint density at radius 3 is 2.44 bits per heavy atom. The van der Waals surface area contributed by atoms with Crippen LogP contribution in [-0.2, 0) is 32.2 Å². The molecule has 3 aliphatic rings. The predicted molar refractivity (Wildman–Crippen MR) is 146 cm³/mol. The van der Waals surface area contributed by atoms with Crippen LogP contribution < -0.4 is 17.0 Å². The Morgan fingerprint density at radius 2 is 1.67 bits per heavy atom. The first-order valence-corrected chi connectivity index (χ1v) is 16.5. The number of phosphoric ester groups is 1. The number of nitrogens with zero attached hydrogens (tertiary/aromatic N) is 7. The first kappa shape index (κ1) is 30.2. The molecule has 0 amide bonds. The van der Waals surface area contributed by atoms with E-state index < -0.39 is 89.3 Å². The minimum atomic E-state index is -5.15. The van der Waals surface area contributed by atoms with Crippen LogP contribution in [0.3, 0.4) is 0 Å². The van der Waals surface area contributed by atoms with Gasteiger partial charge in [-0.2, -0.15) is 4.98 Å². The van der Waals surface area contributed by atoms with E-state index >= 15 is 4.39 Å². The average Bonchev–Trinajstić information content (AvgIpc) is 3.72. The number of halogens is 1. The van der Waals surface area contributed by atoms with Gasteiger partial charge in [0.2, 0.25) is 5.95 Å². The molecule has 7 rings (SSSR count). The summed E-state index contributed by atoms with van der Waals surface area (Å²) in [6, 6.07) is 0. The summed E-state index contributed by atoms with van der Waals surface area (Å²) in [5, 5.41) is 11.2. The van der Waals surface area contributed by atoms with Crippen molar-refractivity contribution in [2.75, 3.05) is 24.2 Å². The summed E-state index contributed by atoms with van der Waals surface area (Å²) < 4.78 is 72.0. The van der Waals surface area contributed by atoms with Crippen LogP contribution in [0.1, 0.15) is 18.9 Å². The van der Waals surface area contributed by atoms with Crippen molar-refractivity contribution in [3.8, 4) is 0 Å². The maximum Gasteiger partial charge on any atom is 0.472 e. The largest absolute Gasteiger partial charge is 0.472 e. The normalized spacial score (nSPS) is 37.7. The van der Waals surface area contributed by atoms with Gasteiger partial charge in [-0.3, -0.25) is 37.0 Å². The van der Waals surface area contributed by atoms with Crippen molar-refractivity contribution in [1.82, 2.24) is 39.0 Å². The number of aromatic nitrogens is 8. The molecule has 3 saturated heterocycles. The van der Waals surface area contributed by atoms with Gasteiger partial charge in [0.15, 0.2) is 41.3 Å². The van der Waals surface area contributed by atoms with Crippen molar-refractivity contribution in [1.29, 1.82) is 0 Å². The molecule has 0 aliphatic carbocycles. The van der Waals surface area contributed by atoms with Crippen molar-refractivity contribution in [3.63, 3.8) is 0 Å². The molecule has 2 bridgehead atoms. The first-order chi connectivity index (χ1) is 21.3. The van der Waals surface area contributed by atoms with Gasteiger partial charge in [0.25, 0.3) is 5.56 Å². The lowest BCUT2D eigenvalue weighted by atomic mass is 10.1. The average molecular weight is 674 g/mol. The fraction of sp³-hybridized carbons (Fsp3) is 0.524. The summed E-state index contributed by atoms with van der Waals surface area (Å²) in [5.74, 6) is -0.247. The van der Waals surface area contributed by atoms with E-state index in [1.165, 1.54) is 10.9 Å². The molecule has 45 heavy (non-hydrogen) atoms. The molecule has 4 aromatic heterocycles. The topological polar surface area (TPSA) is 300 Å². The first-order valence-electron chi connectivity index (χ1n) is 13.3. The van der Waals surface area contributed by atoms with Crippen LogP contribution in [0.15, 0.2) is 23.8 Å². The number of rotatable bonds is 2. The van der Waals surface area contributed by atoms with Gasteiger partial charge < -0.3 is 35.8 Å². The van der Waals surface area contributed by atoms with E-state index in [1.54, 1.807) is 0 Å². The van der Waals surface area contributed by atoms with Gasteiger partial charge in [-0.05, 0) is 6.42 Å². The molecule has 3 aliphatic heterocycles. The lowest BCUT2D eigenvalue weighted by Crippen LogP contribution is -2.36. The summed E-state index contributed by atoms with van der Waals surface area (Å²) in [5.41, 5.74) is 10.8. The van der Waals surface area contributed by atoms with E-state index in [1.807, 2.05) is 0 Å². The third kappa shape index (κ3) is 5.31. The van der Waals surface area contributed by atoms with Crippen LogP contribution in [0.5, 0.6) is 0 Å². The molecule has 0 spiro atoms. The van der Waals surface area contributed by atoms with Gasteiger partial charge in [-0.1, -0.05) is 0 Å². The van der Waals surface area contributed by atoms with E-state index in [-0.39, 0.29) is 34.1 Å². The zero-order chi connectivity index (χ0) is 31.8. The molecule has 242 valence electrons. The Hall–Kier alpha value is -3.43. The number of hydrogen-bond donors (Lipinski definition) is 6. The number of aliphatic hydroxyl groups is 1. The van der Waals surface area contributed by atoms with Crippen molar-refractivity contribution in [2.24, 2.45) is 0 Å². The van der Waals surface area contributed by atoms with Crippen LogP contribution in [-0.4, -0.2) is 103 Å². The number of aromatic amines is 1. The third-order valence-electron chi connectivity index (χ3n) is 7.60. The van der Waals surface area contributed by atoms with E-state index in [0.29, 0.717) is 0 Å². The monoisotopic (exact) mass is 674 g/mol. The second kappa shape index (κ2) is 10.8. The summed E-state index contributed by atoms with van der Waals surface area (Å²) in [6.45, 7) is -0.824. The van der Waals surface area contributed by atoms with Crippen LogP contribution in [0.4, 0.5) is 16.2 Å². The Balaban J connectivity index is 1.21. The summed E-state index contributed by atoms with van der Waals surface area (Å²) in [6.07, 6.45) is -10.6. The van der Waals surface area contributed by atoms with Crippen LogP contribution in [0.25, 0.3) is 22.3 Å². The number of hydrogen-bond acceptors (Lipinski definition) is 16. The number of nitrogen functional groups attached to an aromatic ring is 2. The lowest BCUT2D eigenvalue weighted by molar-refractivity contribution is -0.0591. The highest BCUT2D eigenvalue weighted by atomic mass is 31.2. The van der Waals surface area contributed by atoms with Gasteiger partial charge >= 0.3 is 15.4 Å². The Morgan fingerprint density at radius 1 is 0.956 bits per heavy atom. The highest BCUT2D eigenvalue weighted by Gasteiger charge is 2.54. The van der Waals surface area contributed by atoms with Crippen molar-refractivity contribution in [3.05, 3.63) is 29.3 Å². The highest BCUT2D eigenvalue weighted by Crippen LogP contribution is 2.54. The maximum absolute atomic E-state index is 15.8. The molecule has 0 saturated carbocycles. The van der Waals surface area contributed by atoms with Crippen molar-refractivity contribution >= 4 is 49.5 Å². The number of nitrogens with one attached hydrogen (secondary N) is 1. The van der Waals surface area contributed by atoms with Gasteiger partial charge in [0.1, 0.15) is 36.3 Å². The third-order valence-corrected chi connectivity index (χ3v) is 9.98. The number of aliphatic hydroxyl groups excluding tert-OH is 1. The number of anilines is 2. The number of phosphoric acid groups is 1. The van der Waals surface area contributed by atoms with Gasteiger partial charge in [-0.15, -0.1) is 0 Å². The number of nitrogens with two attached hydrogens (primary N) is 2. The minimum absolute atomic E-state index is 0.0441. The summed E-state index contributed by atoms with van der Waals surface area (Å²) in [4.78, 5) is 55.9. The maximum atomic E-state index is 15.8. The van der Waals surface area contributed by atoms with Crippen molar-refractivity contribution < 1.29 is 51.5 Å². The standard InChI is InChI=1S/C21H25FN10O11P2/c22-9-7-1-2-44(35,36)42-13-8(41-19(12(13)33)31-5-27-10-15(23)25-4-26-16(10)31)3-39-45(37,38)43-14(9)20(40-7)32-6-28-11-17(32)29-21(24)30-18(11)34/h4-9,12-14,19-20,33H,1-3H2,(H,35,36)(H,37,38)(H2,23,25,26)(H3,24,29,30,34). The van der Waals surface area contributed by atoms with Gasteiger partial charge in [0.05, 0.1) is 31.5 Å². The van der Waals surface area contributed by atoms with Gasteiger partial charge in [0, 0.05) is 0 Å². The number of ether oxygens (including phenoxy) is 2. The second-order valence-corrected chi connectivity index (χ2v) is 13.8. The molecule has 10 unspecified atom stereocenters. The smallest absolute Gasteiger partial charge is 0.386 e. The molecule has 8 N–H and O–H groups in total. The van der Waals surface area contributed by atoms with Gasteiger partial charge in [-0.25, -0.2) is 28.9 Å². The highest BCUT2D eigenvalue weighted by molar-refractivity contribution is 7.52. The zero-order valence-electron chi connectivity index (χ0n) is 22.6. The molecule has 7 heterocycles. The summed E-state index contributed by atoms with van der Waals surface area (Å²) in [7, 11) is -9.77. The van der Waals surface area contributed by atoms with E-state index in [9.17, 15) is 28.8 Å². The van der Waals surface area contributed by atoms with E-state index in [4.69, 9.17) is 34.5 Å². The molecule has 0 aromatic carbocycles. The van der Waals surface area contributed by atoms with Crippen LogP contribution in [0.2, 0.25) is 0 Å². The Labute approximate surface area is 249 Å².